The van der Waals surface area contributed by atoms with Gasteiger partial charge >= 0.3 is 0 Å². The van der Waals surface area contributed by atoms with Crippen LogP contribution in [0.3, 0.4) is 0 Å². The van der Waals surface area contributed by atoms with Gasteiger partial charge in [0.15, 0.2) is 11.5 Å². The molecule has 1 atom stereocenters. The Morgan fingerprint density at radius 3 is 2.47 bits per heavy atom. The summed E-state index contributed by atoms with van der Waals surface area (Å²) in [5.41, 5.74) is 4.13. The van der Waals surface area contributed by atoms with Crippen LogP contribution < -0.4 is 14.8 Å². The first-order valence-electron chi connectivity index (χ1n) is 13.6. The maximum atomic E-state index is 12.9. The molecule has 38 heavy (non-hydrogen) atoms. The molecule has 7 nitrogen and oxygen atoms in total. The Balaban J connectivity index is 1.38. The molecular formula is C30H40N4O3S. The number of carbonyl (C=O) groups is 1. The van der Waals surface area contributed by atoms with E-state index in [4.69, 9.17) is 14.5 Å². The van der Waals surface area contributed by atoms with E-state index >= 15 is 0 Å². The molecule has 1 aliphatic heterocycles. The number of fused-ring (bicyclic) bond motifs is 1. The molecule has 2 heterocycles. The summed E-state index contributed by atoms with van der Waals surface area (Å²) in [5.74, 6) is 1.48. The fourth-order valence-electron chi connectivity index (χ4n) is 4.63. The van der Waals surface area contributed by atoms with Crippen LogP contribution in [0, 0.1) is 6.92 Å². The van der Waals surface area contributed by atoms with E-state index in [1.54, 1.807) is 0 Å². The van der Waals surface area contributed by atoms with E-state index in [9.17, 15) is 4.79 Å². The summed E-state index contributed by atoms with van der Waals surface area (Å²) in [6, 6.07) is 14.8. The van der Waals surface area contributed by atoms with Crippen molar-refractivity contribution in [2.45, 2.75) is 66.2 Å². The van der Waals surface area contributed by atoms with Crippen molar-refractivity contribution in [2.75, 3.05) is 26.4 Å². The Bertz CT molecular complexity index is 1180. The van der Waals surface area contributed by atoms with Crippen molar-refractivity contribution in [3.63, 3.8) is 0 Å². The van der Waals surface area contributed by atoms with Crippen molar-refractivity contribution >= 4 is 17.2 Å². The molecule has 3 aromatic rings. The van der Waals surface area contributed by atoms with Crippen molar-refractivity contribution in [2.24, 2.45) is 0 Å². The van der Waals surface area contributed by atoms with Crippen molar-refractivity contribution in [1.82, 2.24) is 20.1 Å². The minimum absolute atomic E-state index is 0.0938. The molecule has 204 valence electrons. The fraction of sp³-hybridized carbons (Fsp3) is 0.467. The molecule has 1 aliphatic rings. The average Bonchev–Trinajstić information content (AvgIpc) is 3.57. The number of rotatable bonds is 14. The molecule has 2 aromatic carbocycles. The average molecular weight is 537 g/mol. The molecule has 0 bridgehead atoms. The number of ether oxygens (including phenoxy) is 2. The zero-order chi connectivity index (χ0) is 26.9. The van der Waals surface area contributed by atoms with Crippen LogP contribution in [0.5, 0.6) is 11.5 Å². The van der Waals surface area contributed by atoms with Gasteiger partial charge in [0.05, 0.1) is 6.54 Å². The Morgan fingerprint density at radius 2 is 1.71 bits per heavy atom. The third-order valence-electron chi connectivity index (χ3n) is 6.90. The summed E-state index contributed by atoms with van der Waals surface area (Å²) in [5, 5.41) is 5.93. The Morgan fingerprint density at radius 1 is 1.00 bits per heavy atom. The van der Waals surface area contributed by atoms with Gasteiger partial charge in [-0.15, -0.1) is 11.3 Å². The van der Waals surface area contributed by atoms with E-state index in [1.807, 2.05) is 17.5 Å². The number of aryl methyl sites for hydroxylation is 1. The summed E-state index contributed by atoms with van der Waals surface area (Å²) in [6.07, 6.45) is 2.03. The van der Waals surface area contributed by atoms with Crippen LogP contribution in [0.25, 0.3) is 0 Å². The topological polar surface area (TPSA) is 66.9 Å². The third kappa shape index (κ3) is 8.03. The highest BCUT2D eigenvalue weighted by Crippen LogP contribution is 2.33. The maximum Gasteiger partial charge on any atom is 0.270 e. The molecule has 0 spiro atoms. The smallest absolute Gasteiger partial charge is 0.270 e. The van der Waals surface area contributed by atoms with Gasteiger partial charge in [0, 0.05) is 24.5 Å². The molecule has 1 unspecified atom stereocenters. The second-order valence-corrected chi connectivity index (χ2v) is 10.9. The van der Waals surface area contributed by atoms with Crippen LogP contribution in [-0.4, -0.2) is 53.2 Å². The molecule has 1 N–H and O–H groups in total. The highest BCUT2D eigenvalue weighted by molar-refractivity contribution is 7.09. The van der Waals surface area contributed by atoms with E-state index in [-0.39, 0.29) is 18.7 Å². The van der Waals surface area contributed by atoms with E-state index in [1.165, 1.54) is 22.5 Å². The van der Waals surface area contributed by atoms with E-state index in [0.717, 1.165) is 67.6 Å². The molecule has 0 fully saturated rings. The van der Waals surface area contributed by atoms with Crippen molar-refractivity contribution in [1.29, 1.82) is 0 Å². The number of hydrogen-bond donors (Lipinski definition) is 1. The van der Waals surface area contributed by atoms with Gasteiger partial charge in [-0.3, -0.25) is 9.69 Å². The van der Waals surface area contributed by atoms with Gasteiger partial charge in [-0.05, 0) is 69.6 Å². The largest absolute Gasteiger partial charge is 0.454 e. The van der Waals surface area contributed by atoms with Crippen LogP contribution in [0.1, 0.15) is 65.8 Å². The highest BCUT2D eigenvalue weighted by Gasteiger charge is 2.18. The Kier molecular flexibility index (Phi) is 10.1. The van der Waals surface area contributed by atoms with Gasteiger partial charge in [-0.25, -0.2) is 4.98 Å². The van der Waals surface area contributed by atoms with E-state index in [0.29, 0.717) is 12.2 Å². The Labute approximate surface area is 230 Å². The van der Waals surface area contributed by atoms with Crippen molar-refractivity contribution in [3.8, 4) is 11.5 Å². The number of benzene rings is 2. The number of thiazole rings is 1. The number of hydrogen-bond acceptors (Lipinski definition) is 7. The lowest BCUT2D eigenvalue weighted by Gasteiger charge is -2.22. The number of nitrogens with zero attached hydrogens (tertiary/aromatic N) is 3. The second-order valence-electron chi connectivity index (χ2n) is 9.99. The first-order chi connectivity index (χ1) is 18.4. The zero-order valence-corrected chi connectivity index (χ0v) is 23.9. The predicted octanol–water partition coefficient (Wildman–Crippen LogP) is 5.62. The monoisotopic (exact) mass is 536 g/mol. The van der Waals surface area contributed by atoms with Crippen LogP contribution in [0.2, 0.25) is 0 Å². The number of carbonyl (C=O) groups excluding carboxylic acids is 1. The minimum atomic E-state index is -0.0938. The van der Waals surface area contributed by atoms with Crippen molar-refractivity contribution in [3.05, 3.63) is 75.2 Å². The maximum absolute atomic E-state index is 12.9. The van der Waals surface area contributed by atoms with Crippen LogP contribution in [-0.2, 0) is 19.6 Å². The highest BCUT2D eigenvalue weighted by atomic mass is 32.1. The minimum Gasteiger partial charge on any atom is -0.454 e. The van der Waals surface area contributed by atoms with Gasteiger partial charge in [0.1, 0.15) is 10.7 Å². The summed E-state index contributed by atoms with van der Waals surface area (Å²) in [4.78, 5) is 22.3. The van der Waals surface area contributed by atoms with Crippen LogP contribution in [0.15, 0.2) is 47.8 Å². The standard InChI is InChI=1S/C30H40N4O3S/c1-5-33(6-2)15-7-8-23(4)31-30(35)26-20-38-29(32-26)19-34(17-24-11-9-22(3)10-12-24)18-25-13-14-27-28(16-25)37-21-36-27/h9-14,16,20,23H,5-8,15,17-19,21H2,1-4H3,(H,31,35). The molecule has 0 saturated carbocycles. The summed E-state index contributed by atoms with van der Waals surface area (Å²) in [7, 11) is 0. The molecule has 1 aromatic heterocycles. The first-order valence-corrected chi connectivity index (χ1v) is 14.5. The predicted molar refractivity (Wildman–Crippen MR) is 153 cm³/mol. The van der Waals surface area contributed by atoms with E-state index < -0.39 is 0 Å². The zero-order valence-electron chi connectivity index (χ0n) is 23.0. The van der Waals surface area contributed by atoms with E-state index in [2.05, 4.69) is 73.1 Å². The molecule has 0 aliphatic carbocycles. The lowest BCUT2D eigenvalue weighted by atomic mass is 10.1. The number of aromatic nitrogens is 1. The summed E-state index contributed by atoms with van der Waals surface area (Å²) >= 11 is 1.54. The van der Waals surface area contributed by atoms with Gasteiger partial charge < -0.3 is 19.7 Å². The van der Waals surface area contributed by atoms with Crippen LogP contribution in [0.4, 0.5) is 0 Å². The normalized spacial score (nSPS) is 13.3. The molecule has 4 rings (SSSR count). The molecular weight excluding hydrogens is 496 g/mol. The van der Waals surface area contributed by atoms with Gasteiger partial charge in [0.25, 0.3) is 5.91 Å². The van der Waals surface area contributed by atoms with Crippen molar-refractivity contribution < 1.29 is 14.3 Å². The molecule has 1 amide bonds. The SMILES string of the molecule is CCN(CC)CCCC(C)NC(=O)c1csc(CN(Cc2ccc(C)cc2)Cc2ccc3c(c2)OCO3)n1. The van der Waals surface area contributed by atoms with Gasteiger partial charge in [0.2, 0.25) is 6.79 Å². The molecule has 0 radical (unpaired) electrons. The Hall–Kier alpha value is -2.94. The first kappa shape index (κ1) is 28.1. The lowest BCUT2D eigenvalue weighted by Crippen LogP contribution is -2.34. The third-order valence-corrected chi connectivity index (χ3v) is 7.73. The number of amides is 1. The summed E-state index contributed by atoms with van der Waals surface area (Å²) in [6.45, 7) is 14.2. The number of nitrogens with one attached hydrogen (secondary N) is 1. The van der Waals surface area contributed by atoms with Gasteiger partial charge in [-0.1, -0.05) is 49.7 Å². The molecule has 0 saturated heterocycles. The quantitative estimate of drug-likeness (QED) is 0.288. The second kappa shape index (κ2) is 13.7. The van der Waals surface area contributed by atoms with Gasteiger partial charge in [-0.2, -0.15) is 0 Å². The van der Waals surface area contributed by atoms with Crippen LogP contribution >= 0.6 is 11.3 Å². The fourth-order valence-corrected chi connectivity index (χ4v) is 5.44. The lowest BCUT2D eigenvalue weighted by molar-refractivity contribution is 0.0932. The summed E-state index contributed by atoms with van der Waals surface area (Å²) < 4.78 is 11.1. The molecule has 8 heteroatoms.